The Kier molecular flexibility index (Phi) is 7.36. The van der Waals surface area contributed by atoms with E-state index in [0.29, 0.717) is 39.8 Å². The Hall–Kier alpha value is -4.17. The van der Waals surface area contributed by atoms with Gasteiger partial charge in [0.1, 0.15) is 18.0 Å². The predicted molar refractivity (Wildman–Crippen MR) is 134 cm³/mol. The maximum atomic E-state index is 13.5. The van der Waals surface area contributed by atoms with Crippen LogP contribution in [0.1, 0.15) is 23.6 Å². The van der Waals surface area contributed by atoms with Gasteiger partial charge in [-0.1, -0.05) is 35.9 Å². The number of anilines is 1. The number of carbonyl (C=O) groups is 3. The molecule has 4 amide bonds. The van der Waals surface area contributed by atoms with Crippen LogP contribution in [-0.4, -0.2) is 24.5 Å². The van der Waals surface area contributed by atoms with Crippen LogP contribution in [0.2, 0.25) is 5.02 Å². The predicted octanol–water partition coefficient (Wildman–Crippen LogP) is 5.43. The number of imide groups is 2. The summed E-state index contributed by atoms with van der Waals surface area (Å²) in [6.07, 6.45) is 1.37. The number of nitrogens with one attached hydrogen (secondary N) is 1. The largest absolute Gasteiger partial charge is 0.490 e. The molecule has 1 N–H and O–H groups in total. The summed E-state index contributed by atoms with van der Waals surface area (Å²) in [4.78, 5) is 39.2. The Balaban J connectivity index is 1.63. The van der Waals surface area contributed by atoms with Crippen LogP contribution in [0.4, 0.5) is 14.9 Å². The van der Waals surface area contributed by atoms with Crippen LogP contribution in [-0.2, 0) is 16.2 Å². The minimum absolute atomic E-state index is 0.120. The zero-order chi connectivity index (χ0) is 25.8. The molecule has 1 heterocycles. The van der Waals surface area contributed by atoms with Gasteiger partial charge < -0.3 is 9.47 Å². The zero-order valence-electron chi connectivity index (χ0n) is 19.5. The van der Waals surface area contributed by atoms with Gasteiger partial charge in [-0.2, -0.15) is 0 Å². The number of nitrogens with zero attached hydrogens (tertiary/aromatic N) is 1. The molecule has 1 saturated heterocycles. The summed E-state index contributed by atoms with van der Waals surface area (Å²) in [6, 6.07) is 14.9. The standard InChI is InChI=1S/C27H22ClFN2O5/c1-3-35-24-14-17(10-11-23(24)36-15-18-6-4-7-19(29)12-18)13-20-25(32)30-27(34)31(26(20)33)22-9-5-8-21(28)16(22)2/h4-14H,3,15H2,1-2H3,(H,30,32,34)/b20-13+. The van der Waals surface area contributed by atoms with Crippen LogP contribution in [0.3, 0.4) is 0 Å². The molecule has 0 unspecified atom stereocenters. The molecule has 3 aromatic rings. The van der Waals surface area contributed by atoms with Gasteiger partial charge in [-0.15, -0.1) is 0 Å². The molecule has 0 aliphatic carbocycles. The minimum atomic E-state index is -0.858. The Morgan fingerprint density at radius 1 is 1.00 bits per heavy atom. The lowest BCUT2D eigenvalue weighted by atomic mass is 10.1. The molecule has 0 radical (unpaired) electrons. The number of rotatable bonds is 7. The summed E-state index contributed by atoms with van der Waals surface area (Å²) in [7, 11) is 0. The first-order chi connectivity index (χ1) is 17.3. The molecule has 7 nitrogen and oxygen atoms in total. The van der Waals surface area contributed by atoms with Crippen LogP contribution in [0, 0.1) is 12.7 Å². The molecule has 0 atom stereocenters. The van der Waals surface area contributed by atoms with Crippen molar-refractivity contribution in [3.63, 3.8) is 0 Å². The highest BCUT2D eigenvalue weighted by Gasteiger charge is 2.37. The van der Waals surface area contributed by atoms with Crippen LogP contribution in [0.25, 0.3) is 6.08 Å². The molecule has 184 valence electrons. The highest BCUT2D eigenvalue weighted by Crippen LogP contribution is 2.32. The molecule has 1 fully saturated rings. The summed E-state index contributed by atoms with van der Waals surface area (Å²) >= 11 is 6.16. The molecule has 0 bridgehead atoms. The molecule has 0 saturated carbocycles. The Morgan fingerprint density at radius 3 is 2.53 bits per heavy atom. The smallest absolute Gasteiger partial charge is 0.335 e. The summed E-state index contributed by atoms with van der Waals surface area (Å²) in [5.74, 6) is -1.16. The number of benzene rings is 3. The molecule has 3 aromatic carbocycles. The van der Waals surface area contributed by atoms with Crippen molar-refractivity contribution in [2.24, 2.45) is 0 Å². The third kappa shape index (κ3) is 5.23. The fourth-order valence-electron chi connectivity index (χ4n) is 3.67. The van der Waals surface area contributed by atoms with E-state index in [4.69, 9.17) is 21.1 Å². The van der Waals surface area contributed by atoms with E-state index in [9.17, 15) is 18.8 Å². The molecule has 1 aliphatic heterocycles. The molecule has 36 heavy (non-hydrogen) atoms. The fourth-order valence-corrected chi connectivity index (χ4v) is 3.84. The Bertz CT molecular complexity index is 1390. The van der Waals surface area contributed by atoms with Crippen molar-refractivity contribution in [3.05, 3.63) is 93.8 Å². The quantitative estimate of drug-likeness (QED) is 0.340. The summed E-state index contributed by atoms with van der Waals surface area (Å²) in [5.41, 5.74) is 1.69. The average molecular weight is 509 g/mol. The fraction of sp³-hybridized carbons (Fsp3) is 0.148. The lowest BCUT2D eigenvalue weighted by Gasteiger charge is -2.27. The van der Waals surface area contributed by atoms with Crippen molar-refractivity contribution in [2.75, 3.05) is 11.5 Å². The molecular weight excluding hydrogens is 487 g/mol. The van der Waals surface area contributed by atoms with Crippen molar-refractivity contribution >= 4 is 41.2 Å². The van der Waals surface area contributed by atoms with E-state index in [1.807, 2.05) is 0 Å². The minimum Gasteiger partial charge on any atom is -0.490 e. The topological polar surface area (TPSA) is 84.9 Å². The van der Waals surface area contributed by atoms with Gasteiger partial charge in [-0.05, 0) is 73.0 Å². The molecule has 4 rings (SSSR count). The van der Waals surface area contributed by atoms with Crippen LogP contribution in [0.5, 0.6) is 11.5 Å². The van der Waals surface area contributed by atoms with Crippen LogP contribution >= 0.6 is 11.6 Å². The number of urea groups is 1. The third-order valence-corrected chi connectivity index (χ3v) is 5.85. The average Bonchev–Trinajstić information content (AvgIpc) is 2.84. The number of hydrogen-bond donors (Lipinski definition) is 1. The van der Waals surface area contributed by atoms with Crippen LogP contribution < -0.4 is 19.7 Å². The van der Waals surface area contributed by atoms with Crippen molar-refractivity contribution in [1.29, 1.82) is 0 Å². The van der Waals surface area contributed by atoms with E-state index < -0.39 is 17.8 Å². The first-order valence-electron chi connectivity index (χ1n) is 11.1. The number of amides is 4. The number of barbiturate groups is 1. The van der Waals surface area contributed by atoms with Gasteiger partial charge in [-0.3, -0.25) is 14.9 Å². The summed E-state index contributed by atoms with van der Waals surface area (Å²) in [6.45, 7) is 3.94. The van der Waals surface area contributed by atoms with Crippen molar-refractivity contribution in [1.82, 2.24) is 5.32 Å². The van der Waals surface area contributed by atoms with Gasteiger partial charge >= 0.3 is 6.03 Å². The first-order valence-corrected chi connectivity index (χ1v) is 11.5. The Morgan fingerprint density at radius 2 is 1.78 bits per heavy atom. The second-order valence-electron chi connectivity index (χ2n) is 7.90. The zero-order valence-corrected chi connectivity index (χ0v) is 20.3. The monoisotopic (exact) mass is 508 g/mol. The second kappa shape index (κ2) is 10.6. The third-order valence-electron chi connectivity index (χ3n) is 5.44. The lowest BCUT2D eigenvalue weighted by Crippen LogP contribution is -2.54. The van der Waals surface area contributed by atoms with Crippen molar-refractivity contribution in [2.45, 2.75) is 20.5 Å². The summed E-state index contributed by atoms with van der Waals surface area (Å²) in [5, 5.41) is 2.58. The maximum absolute atomic E-state index is 13.5. The second-order valence-corrected chi connectivity index (χ2v) is 8.31. The van der Waals surface area contributed by atoms with Gasteiger partial charge in [0.2, 0.25) is 0 Å². The Labute approximate surface area is 212 Å². The number of halogens is 2. The SMILES string of the molecule is CCOc1cc(/C=C2\C(=O)NC(=O)N(c3cccc(Cl)c3C)C2=O)ccc1OCc1cccc(F)c1. The lowest BCUT2D eigenvalue weighted by molar-refractivity contribution is -0.122. The number of hydrogen-bond acceptors (Lipinski definition) is 5. The maximum Gasteiger partial charge on any atom is 0.335 e. The van der Waals surface area contributed by atoms with Crippen molar-refractivity contribution in [3.8, 4) is 11.5 Å². The van der Waals surface area contributed by atoms with E-state index >= 15 is 0 Å². The van der Waals surface area contributed by atoms with Gasteiger partial charge in [0.15, 0.2) is 11.5 Å². The van der Waals surface area contributed by atoms with Crippen molar-refractivity contribution < 1.29 is 28.2 Å². The van der Waals surface area contributed by atoms with E-state index in [-0.39, 0.29) is 23.7 Å². The van der Waals surface area contributed by atoms with Gasteiger partial charge in [0.05, 0.1) is 12.3 Å². The molecule has 9 heteroatoms. The summed E-state index contributed by atoms with van der Waals surface area (Å²) < 4.78 is 24.9. The van der Waals surface area contributed by atoms with Crippen LogP contribution in [0.15, 0.2) is 66.2 Å². The number of ether oxygens (including phenoxy) is 2. The molecule has 1 aliphatic rings. The molecule has 0 aromatic heterocycles. The van der Waals surface area contributed by atoms with E-state index in [2.05, 4.69) is 5.32 Å². The first kappa shape index (κ1) is 24.9. The van der Waals surface area contributed by atoms with E-state index in [1.165, 1.54) is 18.2 Å². The highest BCUT2D eigenvalue weighted by molar-refractivity contribution is 6.39. The molecular formula is C27H22ClFN2O5. The van der Waals surface area contributed by atoms with Gasteiger partial charge in [-0.25, -0.2) is 14.1 Å². The van der Waals surface area contributed by atoms with Gasteiger partial charge in [0, 0.05) is 5.02 Å². The highest BCUT2D eigenvalue weighted by atomic mass is 35.5. The van der Waals surface area contributed by atoms with E-state index in [0.717, 1.165) is 4.90 Å². The molecule has 0 spiro atoms. The number of carbonyl (C=O) groups excluding carboxylic acids is 3. The van der Waals surface area contributed by atoms with E-state index in [1.54, 1.807) is 62.4 Å². The van der Waals surface area contributed by atoms with Gasteiger partial charge in [0.25, 0.3) is 11.8 Å². The normalized spacial score (nSPS) is 14.7.